The van der Waals surface area contributed by atoms with Gasteiger partial charge in [0, 0.05) is 6.07 Å². The molecule has 0 N–H and O–H groups in total. The Morgan fingerprint density at radius 3 is 2.40 bits per heavy atom. The molecule has 3 aromatic rings. The Morgan fingerprint density at radius 1 is 1.11 bits per heavy atom. The van der Waals surface area contributed by atoms with Crippen molar-refractivity contribution in [3.8, 4) is 17.6 Å². The predicted octanol–water partition coefficient (Wildman–Crippen LogP) is 5.37. The minimum atomic E-state index is -4.43. The molecule has 1 aliphatic heterocycles. The molecule has 0 spiro atoms. The third-order valence-electron chi connectivity index (χ3n) is 5.80. The normalized spacial score (nSPS) is 17.4. The number of hydrazone groups is 1. The van der Waals surface area contributed by atoms with Crippen molar-refractivity contribution < 1.29 is 27.5 Å². The van der Waals surface area contributed by atoms with Crippen LogP contribution < -0.4 is 9.75 Å². The lowest BCUT2D eigenvalue weighted by Crippen LogP contribution is -2.36. The minimum absolute atomic E-state index is 0.00974. The molecular formula is C22H12Cl2F3N5O3. The highest BCUT2D eigenvalue weighted by Crippen LogP contribution is 2.56. The highest BCUT2D eigenvalue weighted by atomic mass is 35.5. The van der Waals surface area contributed by atoms with Crippen molar-refractivity contribution in [3.63, 3.8) is 0 Å². The van der Waals surface area contributed by atoms with Gasteiger partial charge in [-0.3, -0.25) is 9.59 Å². The number of rotatable bonds is 4. The molecule has 1 saturated carbocycles. The first kappa shape index (κ1) is 23.1. The Bertz CT molecular complexity index is 1460. The summed E-state index contributed by atoms with van der Waals surface area (Å²) in [5, 5.41) is 13.6. The Morgan fingerprint density at radius 2 is 1.80 bits per heavy atom. The zero-order chi connectivity index (χ0) is 25.1. The molecule has 2 aliphatic rings. The maximum absolute atomic E-state index is 13.6. The van der Waals surface area contributed by atoms with Crippen LogP contribution in [0.4, 0.5) is 18.9 Å². The molecule has 0 bridgehead atoms. The second kappa shape index (κ2) is 7.96. The maximum atomic E-state index is 13.6. The van der Waals surface area contributed by atoms with Gasteiger partial charge in [-0.15, -0.1) is 0 Å². The largest absolute Gasteiger partial charge is 0.454 e. The number of Topliss-reactive ketones (excluding diaryl/α,β-unsaturated/α-hetero) is 1. The van der Waals surface area contributed by atoms with Crippen LogP contribution in [0.5, 0.6) is 11.5 Å². The van der Waals surface area contributed by atoms with E-state index >= 15 is 0 Å². The highest BCUT2D eigenvalue weighted by Gasteiger charge is 2.65. The van der Waals surface area contributed by atoms with Crippen LogP contribution in [0.2, 0.25) is 10.0 Å². The number of imidazole rings is 1. The topological polar surface area (TPSA) is 101 Å². The number of amides is 1. The van der Waals surface area contributed by atoms with Crippen molar-refractivity contribution in [2.75, 3.05) is 5.01 Å². The molecule has 0 unspecified atom stereocenters. The van der Waals surface area contributed by atoms with Crippen molar-refractivity contribution in [2.24, 2.45) is 5.10 Å². The van der Waals surface area contributed by atoms with E-state index in [0.29, 0.717) is 5.52 Å². The molecule has 2 aromatic carbocycles. The fourth-order valence-corrected chi connectivity index (χ4v) is 4.40. The van der Waals surface area contributed by atoms with E-state index in [9.17, 15) is 22.8 Å². The van der Waals surface area contributed by atoms with E-state index in [1.807, 2.05) is 0 Å². The Kier molecular flexibility index (Phi) is 5.27. The summed E-state index contributed by atoms with van der Waals surface area (Å²) in [5.41, 5.74) is -1.71. The summed E-state index contributed by atoms with van der Waals surface area (Å²) in [6.45, 7) is 0. The number of alkyl halides is 3. The van der Waals surface area contributed by atoms with Gasteiger partial charge < -0.3 is 9.30 Å². The number of ketones is 1. The minimum Gasteiger partial charge on any atom is -0.454 e. The number of aromatic nitrogens is 2. The number of nitriles is 1. The molecule has 2 heterocycles. The fourth-order valence-electron chi connectivity index (χ4n) is 3.85. The number of anilines is 1. The number of carbonyl (C=O) groups excluding carboxylic acids is 2. The molecule has 13 heteroatoms. The van der Waals surface area contributed by atoms with Crippen LogP contribution in [0.1, 0.15) is 19.3 Å². The average Bonchev–Trinajstić information content (AvgIpc) is 3.50. The molecule has 8 nitrogen and oxygen atoms in total. The van der Waals surface area contributed by atoms with Crippen LogP contribution in [0.25, 0.3) is 11.0 Å². The molecule has 1 amide bonds. The summed E-state index contributed by atoms with van der Waals surface area (Å²) in [6.07, 6.45) is -3.87. The highest BCUT2D eigenvalue weighted by molar-refractivity contribution is 6.50. The molecule has 0 saturated heterocycles. The first-order valence-electron chi connectivity index (χ1n) is 10.1. The Hall–Kier alpha value is -3.62. The fraction of sp³-hybridized carbons (Fsp3) is 0.227. The number of fused-ring (bicyclic) bond motifs is 1. The van der Waals surface area contributed by atoms with Gasteiger partial charge in [0.05, 0.1) is 39.5 Å². The van der Waals surface area contributed by atoms with Gasteiger partial charge in [-0.2, -0.15) is 28.5 Å². The van der Waals surface area contributed by atoms with Gasteiger partial charge in [0.15, 0.2) is 5.75 Å². The SMILES string of the molecule is N#CC1=NN(c2cc(Cl)c(Oc3ccc4ncn(C5(C(F)(F)F)CC5)c4c3)c(Cl)c2)C(=O)CC1=O. The number of hydrogen-bond donors (Lipinski definition) is 0. The molecule has 1 fully saturated rings. The van der Waals surface area contributed by atoms with Crippen LogP contribution in [0.3, 0.4) is 0 Å². The van der Waals surface area contributed by atoms with Crippen molar-refractivity contribution in [2.45, 2.75) is 31.0 Å². The summed E-state index contributed by atoms with van der Waals surface area (Å²) in [6, 6.07) is 8.68. The molecule has 1 aromatic heterocycles. The van der Waals surface area contributed by atoms with E-state index in [1.165, 1.54) is 36.7 Å². The van der Waals surface area contributed by atoms with Gasteiger partial charge in [0.25, 0.3) is 5.91 Å². The van der Waals surface area contributed by atoms with E-state index in [-0.39, 0.29) is 45.6 Å². The second-order valence-corrected chi connectivity index (χ2v) is 8.82. The lowest BCUT2D eigenvalue weighted by molar-refractivity contribution is -0.179. The molecule has 178 valence electrons. The summed E-state index contributed by atoms with van der Waals surface area (Å²) >= 11 is 12.7. The standard InChI is InChI=1S/C22H12Cl2F3N5O3/c23-13-5-11(32-19(34)8-18(33)16(9-28)30-32)6-14(24)20(13)35-12-1-2-15-17(7-12)31(10-29-15)21(3-4-21)22(25,26)27/h1-2,5-7,10H,3-4,8H2. The van der Waals surface area contributed by atoms with Crippen LogP contribution in [0, 0.1) is 11.3 Å². The number of carbonyl (C=O) groups is 2. The number of benzene rings is 2. The van der Waals surface area contributed by atoms with Gasteiger partial charge in [-0.25, -0.2) is 4.98 Å². The van der Waals surface area contributed by atoms with E-state index in [0.717, 1.165) is 9.58 Å². The van der Waals surface area contributed by atoms with E-state index in [1.54, 1.807) is 6.07 Å². The number of ether oxygens (including phenoxy) is 1. The monoisotopic (exact) mass is 521 g/mol. The summed E-state index contributed by atoms with van der Waals surface area (Å²) in [5.74, 6) is -1.21. The van der Waals surface area contributed by atoms with Crippen molar-refractivity contribution >= 4 is 57.3 Å². The maximum Gasteiger partial charge on any atom is 0.411 e. The number of nitrogens with zero attached hydrogens (tertiary/aromatic N) is 5. The van der Waals surface area contributed by atoms with Crippen molar-refractivity contribution in [1.82, 2.24) is 9.55 Å². The third kappa shape index (κ3) is 3.79. The molecule has 0 atom stereocenters. The van der Waals surface area contributed by atoms with Crippen LogP contribution >= 0.6 is 23.2 Å². The van der Waals surface area contributed by atoms with E-state index < -0.39 is 35.5 Å². The summed E-state index contributed by atoms with van der Waals surface area (Å²) in [7, 11) is 0. The lowest BCUT2D eigenvalue weighted by Gasteiger charge is -2.22. The van der Waals surface area contributed by atoms with Gasteiger partial charge >= 0.3 is 6.18 Å². The Labute approximate surface area is 205 Å². The lowest BCUT2D eigenvalue weighted by atomic mass is 10.1. The molecule has 35 heavy (non-hydrogen) atoms. The number of halogens is 5. The zero-order valence-corrected chi connectivity index (χ0v) is 18.9. The van der Waals surface area contributed by atoms with Gasteiger partial charge in [-0.1, -0.05) is 23.2 Å². The summed E-state index contributed by atoms with van der Waals surface area (Å²) < 4.78 is 47.8. The molecule has 0 radical (unpaired) electrons. The third-order valence-corrected chi connectivity index (χ3v) is 6.36. The Balaban J connectivity index is 1.49. The van der Waals surface area contributed by atoms with Crippen LogP contribution in [0.15, 0.2) is 41.8 Å². The van der Waals surface area contributed by atoms with Gasteiger partial charge in [0.1, 0.15) is 17.4 Å². The van der Waals surface area contributed by atoms with Crippen LogP contribution in [-0.4, -0.2) is 33.1 Å². The van der Waals surface area contributed by atoms with E-state index in [2.05, 4.69) is 10.1 Å². The van der Waals surface area contributed by atoms with Crippen molar-refractivity contribution in [1.29, 1.82) is 5.26 Å². The second-order valence-electron chi connectivity index (χ2n) is 8.00. The van der Waals surface area contributed by atoms with Crippen LogP contribution in [-0.2, 0) is 15.1 Å². The van der Waals surface area contributed by atoms with Crippen molar-refractivity contribution in [3.05, 3.63) is 46.7 Å². The quantitative estimate of drug-likeness (QED) is 0.429. The smallest absolute Gasteiger partial charge is 0.411 e. The summed E-state index contributed by atoms with van der Waals surface area (Å²) in [4.78, 5) is 28.0. The first-order valence-corrected chi connectivity index (χ1v) is 10.9. The number of hydrogen-bond acceptors (Lipinski definition) is 6. The first-order chi connectivity index (χ1) is 16.5. The zero-order valence-electron chi connectivity index (χ0n) is 17.4. The molecule has 5 rings (SSSR count). The van der Waals surface area contributed by atoms with Gasteiger partial charge in [0.2, 0.25) is 11.5 Å². The average molecular weight is 522 g/mol. The van der Waals surface area contributed by atoms with E-state index in [4.69, 9.17) is 33.2 Å². The molecular weight excluding hydrogens is 510 g/mol. The predicted molar refractivity (Wildman–Crippen MR) is 120 cm³/mol. The van der Waals surface area contributed by atoms with Gasteiger partial charge in [-0.05, 0) is 37.1 Å². The molecule has 1 aliphatic carbocycles.